The summed E-state index contributed by atoms with van der Waals surface area (Å²) in [6, 6.07) is -0.0649. The molecule has 1 atom stereocenters. The third kappa shape index (κ3) is 1.53. The largest absolute Gasteiger partial charge is 0.316 e. The summed E-state index contributed by atoms with van der Waals surface area (Å²) < 4.78 is 0. The highest BCUT2D eigenvalue weighted by Crippen LogP contribution is 2.14. The maximum Gasteiger partial charge on any atom is 0.0898 e. The topological polar surface area (TPSA) is 45.2 Å². The van der Waals surface area contributed by atoms with E-state index in [0.717, 1.165) is 10.7 Å². The van der Waals surface area contributed by atoms with E-state index in [1.54, 1.807) is 11.3 Å². The van der Waals surface area contributed by atoms with Gasteiger partial charge in [0.25, 0.3) is 0 Å². The van der Waals surface area contributed by atoms with Crippen LogP contribution in [0.25, 0.3) is 0 Å². The van der Waals surface area contributed by atoms with Crippen molar-refractivity contribution in [3.8, 4) is 0 Å². The van der Waals surface area contributed by atoms with Crippen LogP contribution in [-0.2, 0) is 0 Å². The lowest BCUT2D eigenvalue weighted by Crippen LogP contribution is -2.13. The highest BCUT2D eigenvalue weighted by Gasteiger charge is 2.05. The second-order valence-corrected chi connectivity index (χ2v) is 3.20. The second kappa shape index (κ2) is 3.09. The van der Waals surface area contributed by atoms with Gasteiger partial charge in [0.1, 0.15) is 0 Å². The van der Waals surface area contributed by atoms with Crippen LogP contribution in [0.1, 0.15) is 23.7 Å². The average molecular weight is 158 g/mol. The van der Waals surface area contributed by atoms with E-state index < -0.39 is 0 Å². The molecule has 0 saturated heterocycles. The molecule has 1 rings (SSSR count). The van der Waals surface area contributed by atoms with Crippen LogP contribution in [0.4, 0.5) is 0 Å². The minimum absolute atomic E-state index is 0.0649. The molecule has 0 saturated carbocycles. The number of thiazole rings is 1. The fourth-order valence-electron chi connectivity index (χ4n) is 0.645. The van der Waals surface area contributed by atoms with E-state index in [1.807, 2.05) is 19.2 Å². The van der Waals surface area contributed by atoms with Gasteiger partial charge >= 0.3 is 0 Å². The van der Waals surface area contributed by atoms with Crippen LogP contribution in [0.3, 0.4) is 0 Å². The van der Waals surface area contributed by atoms with Crippen molar-refractivity contribution in [3.05, 3.63) is 16.1 Å². The van der Waals surface area contributed by atoms with Gasteiger partial charge in [-0.15, -0.1) is 11.3 Å². The highest BCUT2D eigenvalue weighted by molar-refractivity contribution is 7.09. The van der Waals surface area contributed by atoms with Crippen molar-refractivity contribution in [1.29, 1.82) is 0 Å². The summed E-state index contributed by atoms with van der Waals surface area (Å²) in [5.74, 6) is 0. The first kappa shape index (κ1) is 7.65. The molecule has 0 radical (unpaired) electrons. The van der Waals surface area contributed by atoms with Gasteiger partial charge in [-0.25, -0.2) is 4.98 Å². The van der Waals surface area contributed by atoms with E-state index in [0.29, 0.717) is 0 Å². The van der Waals surface area contributed by atoms with Gasteiger partial charge in [-0.3, -0.25) is 0 Å². The number of rotatable bonds is 2. The number of aromatic nitrogens is 1. The summed E-state index contributed by atoms with van der Waals surface area (Å²) >= 11 is 1.59. The van der Waals surface area contributed by atoms with Crippen molar-refractivity contribution in [3.63, 3.8) is 0 Å². The van der Waals surface area contributed by atoms with E-state index in [-0.39, 0.29) is 6.04 Å². The molecular formula is C6H10N2OS. The van der Waals surface area contributed by atoms with Crippen molar-refractivity contribution >= 4 is 11.3 Å². The number of nitrogens with zero attached hydrogens (tertiary/aromatic N) is 1. The molecule has 56 valence electrons. The molecule has 1 aromatic heterocycles. The second-order valence-electron chi connectivity index (χ2n) is 2.14. The van der Waals surface area contributed by atoms with E-state index in [4.69, 9.17) is 5.21 Å². The Morgan fingerprint density at radius 3 is 2.90 bits per heavy atom. The summed E-state index contributed by atoms with van der Waals surface area (Å²) in [7, 11) is 0. The van der Waals surface area contributed by atoms with Crippen LogP contribution in [0.2, 0.25) is 0 Å². The molecule has 1 aromatic rings. The van der Waals surface area contributed by atoms with Crippen molar-refractivity contribution in [2.75, 3.05) is 0 Å². The Morgan fingerprint density at radius 2 is 2.50 bits per heavy atom. The summed E-state index contributed by atoms with van der Waals surface area (Å²) in [6.07, 6.45) is 0. The molecule has 1 heterocycles. The lowest BCUT2D eigenvalue weighted by atomic mass is 10.3. The molecule has 10 heavy (non-hydrogen) atoms. The minimum atomic E-state index is -0.0649. The third-order valence-electron chi connectivity index (χ3n) is 1.27. The molecule has 0 aliphatic heterocycles. The van der Waals surface area contributed by atoms with Crippen LogP contribution in [0.15, 0.2) is 5.38 Å². The van der Waals surface area contributed by atoms with Crippen molar-refractivity contribution in [2.24, 2.45) is 0 Å². The number of hydrogen-bond acceptors (Lipinski definition) is 4. The molecule has 1 unspecified atom stereocenters. The summed E-state index contributed by atoms with van der Waals surface area (Å²) in [5, 5.41) is 11.5. The zero-order valence-electron chi connectivity index (χ0n) is 5.96. The van der Waals surface area contributed by atoms with Gasteiger partial charge < -0.3 is 5.21 Å². The highest BCUT2D eigenvalue weighted by atomic mass is 32.1. The molecule has 0 fully saturated rings. The monoisotopic (exact) mass is 158 g/mol. The Balaban J connectivity index is 2.74. The van der Waals surface area contributed by atoms with E-state index in [2.05, 4.69) is 10.5 Å². The average Bonchev–Trinajstić information content (AvgIpc) is 2.34. The maximum atomic E-state index is 8.51. The molecular weight excluding hydrogens is 148 g/mol. The van der Waals surface area contributed by atoms with Crippen molar-refractivity contribution in [1.82, 2.24) is 10.5 Å². The van der Waals surface area contributed by atoms with Crippen molar-refractivity contribution in [2.45, 2.75) is 19.9 Å². The van der Waals surface area contributed by atoms with Crippen LogP contribution in [0, 0.1) is 6.92 Å². The number of nitrogens with one attached hydrogen (secondary N) is 1. The normalized spacial score (nSPS) is 13.5. The number of hydrogen-bond donors (Lipinski definition) is 2. The van der Waals surface area contributed by atoms with Crippen molar-refractivity contribution < 1.29 is 5.21 Å². The van der Waals surface area contributed by atoms with Gasteiger partial charge in [0.2, 0.25) is 0 Å². The first-order valence-corrected chi connectivity index (χ1v) is 3.93. The Morgan fingerprint density at radius 1 is 1.80 bits per heavy atom. The van der Waals surface area contributed by atoms with Crippen LogP contribution in [-0.4, -0.2) is 10.2 Å². The van der Waals surface area contributed by atoms with Gasteiger partial charge in [-0.05, 0) is 13.8 Å². The van der Waals surface area contributed by atoms with Gasteiger partial charge in [0.15, 0.2) is 0 Å². The Kier molecular flexibility index (Phi) is 2.37. The lowest BCUT2D eigenvalue weighted by molar-refractivity contribution is 0.132. The number of hydroxylamine groups is 1. The molecule has 0 bridgehead atoms. The zero-order valence-corrected chi connectivity index (χ0v) is 6.77. The van der Waals surface area contributed by atoms with Gasteiger partial charge in [-0.2, -0.15) is 5.48 Å². The predicted molar refractivity (Wildman–Crippen MR) is 40.2 cm³/mol. The Bertz CT molecular complexity index is 211. The van der Waals surface area contributed by atoms with E-state index in [1.165, 1.54) is 0 Å². The molecule has 2 N–H and O–H groups in total. The minimum Gasteiger partial charge on any atom is -0.316 e. The summed E-state index contributed by atoms with van der Waals surface area (Å²) in [4.78, 5) is 4.18. The maximum absolute atomic E-state index is 8.51. The molecule has 0 amide bonds. The van der Waals surface area contributed by atoms with Gasteiger partial charge in [0, 0.05) is 5.38 Å². The van der Waals surface area contributed by atoms with Crippen LogP contribution < -0.4 is 5.48 Å². The quantitative estimate of drug-likeness (QED) is 0.641. The van der Waals surface area contributed by atoms with E-state index in [9.17, 15) is 0 Å². The molecule has 3 nitrogen and oxygen atoms in total. The molecule has 0 aliphatic carbocycles. The standard InChI is InChI=1S/C6H10N2OS/c1-4(8-9)6-3-10-5(2)7-6/h3-4,8-9H,1-2H3. The van der Waals surface area contributed by atoms with Gasteiger partial charge in [-0.1, -0.05) is 0 Å². The fourth-order valence-corrected chi connectivity index (χ4v) is 1.35. The number of aryl methyl sites for hydroxylation is 1. The molecule has 0 spiro atoms. The SMILES string of the molecule is Cc1nc(C(C)NO)cs1. The first-order chi connectivity index (χ1) is 4.74. The Labute approximate surface area is 63.7 Å². The molecule has 4 heteroatoms. The summed E-state index contributed by atoms with van der Waals surface area (Å²) in [6.45, 7) is 3.80. The third-order valence-corrected chi connectivity index (χ3v) is 2.07. The fraction of sp³-hybridized carbons (Fsp3) is 0.500. The first-order valence-electron chi connectivity index (χ1n) is 3.05. The Hall–Kier alpha value is -0.450. The van der Waals surface area contributed by atoms with Crippen LogP contribution >= 0.6 is 11.3 Å². The van der Waals surface area contributed by atoms with E-state index >= 15 is 0 Å². The molecule has 0 aliphatic rings. The van der Waals surface area contributed by atoms with Gasteiger partial charge in [0.05, 0.1) is 16.7 Å². The molecule has 0 aromatic carbocycles. The summed E-state index contributed by atoms with van der Waals surface area (Å²) in [5.41, 5.74) is 3.03. The zero-order chi connectivity index (χ0) is 7.56. The van der Waals surface area contributed by atoms with Crippen LogP contribution in [0.5, 0.6) is 0 Å². The lowest BCUT2D eigenvalue weighted by Gasteiger charge is -2.02. The smallest absolute Gasteiger partial charge is 0.0898 e. The predicted octanol–water partition coefficient (Wildman–Crippen LogP) is 1.49.